The van der Waals surface area contributed by atoms with Crippen molar-refractivity contribution in [3.05, 3.63) is 87.4 Å². The molecule has 3 aromatic rings. The lowest BCUT2D eigenvalue weighted by Crippen LogP contribution is -2.13. The zero-order chi connectivity index (χ0) is 24.5. The van der Waals surface area contributed by atoms with Gasteiger partial charge in [0.15, 0.2) is 11.5 Å². The Balaban J connectivity index is 1.81. The van der Waals surface area contributed by atoms with Crippen molar-refractivity contribution in [2.75, 3.05) is 19.0 Å². The lowest BCUT2D eigenvalue weighted by molar-refractivity contribution is -0.112. The predicted octanol–water partition coefficient (Wildman–Crippen LogP) is 6.53. The number of benzene rings is 3. The highest BCUT2D eigenvalue weighted by Gasteiger charge is 2.15. The molecule has 0 saturated carbocycles. The number of nitrogens with one attached hydrogen (secondary N) is 1. The summed E-state index contributed by atoms with van der Waals surface area (Å²) in [5, 5.41) is 13.2. The van der Waals surface area contributed by atoms with Crippen LogP contribution in [0.25, 0.3) is 6.08 Å². The molecular weight excluding hydrogens is 475 g/mol. The molecule has 6 nitrogen and oxygen atoms in total. The minimum Gasteiger partial charge on any atom is -0.497 e. The summed E-state index contributed by atoms with van der Waals surface area (Å²) in [7, 11) is 1.56. The maximum Gasteiger partial charge on any atom is 0.266 e. The molecule has 0 aliphatic heterocycles. The second-order valence-corrected chi connectivity index (χ2v) is 7.87. The minimum atomic E-state index is -0.551. The Bertz CT molecular complexity index is 1220. The van der Waals surface area contributed by atoms with Crippen LogP contribution in [0.15, 0.2) is 66.2 Å². The molecule has 3 rings (SSSR count). The van der Waals surface area contributed by atoms with Gasteiger partial charge in [-0.2, -0.15) is 5.26 Å². The number of hydrogen-bond acceptors (Lipinski definition) is 5. The van der Waals surface area contributed by atoms with Crippen molar-refractivity contribution in [3.8, 4) is 23.3 Å². The van der Waals surface area contributed by atoms with Gasteiger partial charge in [-0.1, -0.05) is 35.3 Å². The Morgan fingerprint density at radius 2 is 1.76 bits per heavy atom. The maximum atomic E-state index is 12.6. The fourth-order valence-corrected chi connectivity index (χ4v) is 3.40. The first kappa shape index (κ1) is 25.0. The number of carbonyl (C=O) groups is 1. The summed E-state index contributed by atoms with van der Waals surface area (Å²) in [5.74, 6) is 0.884. The van der Waals surface area contributed by atoms with Gasteiger partial charge < -0.3 is 19.5 Å². The Morgan fingerprint density at radius 1 is 1.06 bits per heavy atom. The molecule has 0 aromatic heterocycles. The van der Waals surface area contributed by atoms with E-state index >= 15 is 0 Å². The van der Waals surface area contributed by atoms with E-state index in [9.17, 15) is 10.1 Å². The number of anilines is 1. The van der Waals surface area contributed by atoms with Gasteiger partial charge in [-0.3, -0.25) is 4.79 Å². The molecule has 0 radical (unpaired) electrons. The van der Waals surface area contributed by atoms with Gasteiger partial charge in [0.05, 0.1) is 18.7 Å². The number of methoxy groups -OCH3 is 1. The summed E-state index contributed by atoms with van der Waals surface area (Å²) >= 11 is 12.4. The molecule has 174 valence electrons. The van der Waals surface area contributed by atoms with Crippen LogP contribution >= 0.6 is 23.2 Å². The van der Waals surface area contributed by atoms with Crippen LogP contribution in [0.1, 0.15) is 18.1 Å². The minimum absolute atomic E-state index is 0.0934. The summed E-state index contributed by atoms with van der Waals surface area (Å²) in [6.45, 7) is 2.48. The van der Waals surface area contributed by atoms with Gasteiger partial charge in [0, 0.05) is 10.7 Å². The molecule has 0 saturated heterocycles. The number of nitrogens with zero attached hydrogens (tertiary/aromatic N) is 1. The summed E-state index contributed by atoms with van der Waals surface area (Å²) in [6, 6.07) is 19.3. The van der Waals surface area contributed by atoms with Crippen LogP contribution in [-0.4, -0.2) is 19.6 Å². The van der Waals surface area contributed by atoms with E-state index in [4.69, 9.17) is 37.4 Å². The number of amides is 1. The molecule has 0 aliphatic carbocycles. The van der Waals surface area contributed by atoms with E-state index in [1.807, 2.05) is 25.1 Å². The highest BCUT2D eigenvalue weighted by atomic mass is 35.5. The first-order valence-corrected chi connectivity index (χ1v) is 11.1. The van der Waals surface area contributed by atoms with Crippen LogP contribution in [0.2, 0.25) is 10.0 Å². The van der Waals surface area contributed by atoms with Crippen molar-refractivity contribution in [2.45, 2.75) is 13.5 Å². The molecular formula is C26H22Cl2N2O4. The summed E-state index contributed by atoms with van der Waals surface area (Å²) in [5.41, 5.74) is 1.87. The van der Waals surface area contributed by atoms with E-state index < -0.39 is 5.91 Å². The van der Waals surface area contributed by atoms with Crippen molar-refractivity contribution >= 4 is 40.9 Å². The monoisotopic (exact) mass is 496 g/mol. The number of hydrogen-bond donors (Lipinski definition) is 1. The average molecular weight is 497 g/mol. The average Bonchev–Trinajstić information content (AvgIpc) is 2.83. The number of carbonyl (C=O) groups excluding carboxylic acids is 1. The second-order valence-electron chi connectivity index (χ2n) is 7.03. The van der Waals surface area contributed by atoms with Crippen molar-refractivity contribution in [1.29, 1.82) is 5.26 Å². The Morgan fingerprint density at radius 3 is 2.38 bits per heavy atom. The Hall–Kier alpha value is -3.66. The summed E-state index contributed by atoms with van der Waals surface area (Å²) in [4.78, 5) is 12.6. The van der Waals surface area contributed by atoms with Crippen LogP contribution in [0.5, 0.6) is 17.2 Å². The lowest BCUT2D eigenvalue weighted by Gasteiger charge is -2.15. The van der Waals surface area contributed by atoms with Gasteiger partial charge in [-0.15, -0.1) is 0 Å². The van der Waals surface area contributed by atoms with Gasteiger partial charge in [-0.05, 0) is 72.7 Å². The summed E-state index contributed by atoms with van der Waals surface area (Å²) in [6.07, 6.45) is 1.44. The fourth-order valence-electron chi connectivity index (χ4n) is 3.00. The van der Waals surface area contributed by atoms with E-state index in [1.165, 1.54) is 6.08 Å². The van der Waals surface area contributed by atoms with Crippen molar-refractivity contribution in [2.24, 2.45) is 0 Å². The first-order chi connectivity index (χ1) is 16.4. The van der Waals surface area contributed by atoms with Crippen LogP contribution in [0.3, 0.4) is 0 Å². The molecule has 0 atom stereocenters. The van der Waals surface area contributed by atoms with Gasteiger partial charge >= 0.3 is 0 Å². The fraction of sp³-hybridized carbons (Fsp3) is 0.154. The highest BCUT2D eigenvalue weighted by molar-refractivity contribution is 6.32. The van der Waals surface area contributed by atoms with Crippen LogP contribution in [0.4, 0.5) is 5.69 Å². The van der Waals surface area contributed by atoms with Gasteiger partial charge in [0.25, 0.3) is 5.91 Å². The number of rotatable bonds is 9. The van der Waals surface area contributed by atoms with E-state index in [1.54, 1.807) is 55.6 Å². The molecule has 1 amide bonds. The predicted molar refractivity (Wildman–Crippen MR) is 134 cm³/mol. The smallest absolute Gasteiger partial charge is 0.266 e. The van der Waals surface area contributed by atoms with Crippen molar-refractivity contribution in [3.63, 3.8) is 0 Å². The normalized spacial score (nSPS) is 10.9. The van der Waals surface area contributed by atoms with Gasteiger partial charge in [0.2, 0.25) is 0 Å². The molecule has 0 fully saturated rings. The molecule has 0 aliphatic rings. The third-order valence-electron chi connectivity index (χ3n) is 4.65. The number of nitriles is 1. The molecule has 8 heteroatoms. The molecule has 0 spiro atoms. The maximum absolute atomic E-state index is 12.6. The van der Waals surface area contributed by atoms with E-state index in [2.05, 4.69) is 5.32 Å². The summed E-state index contributed by atoms with van der Waals surface area (Å²) < 4.78 is 16.7. The Kier molecular flexibility index (Phi) is 8.80. The van der Waals surface area contributed by atoms with Gasteiger partial charge in [-0.25, -0.2) is 0 Å². The quantitative estimate of drug-likeness (QED) is 0.269. The highest BCUT2D eigenvalue weighted by Crippen LogP contribution is 2.38. The molecule has 3 aromatic carbocycles. The SMILES string of the molecule is CCOc1cc(/C=C(\C#N)C(=O)Nc2ccc(OC)cc2)cc(Cl)c1OCc1ccc(Cl)cc1. The van der Waals surface area contributed by atoms with Crippen LogP contribution in [-0.2, 0) is 11.4 Å². The topological polar surface area (TPSA) is 80.6 Å². The number of halogens is 2. The molecule has 0 heterocycles. The third kappa shape index (κ3) is 6.67. The molecule has 1 N–H and O–H groups in total. The van der Waals surface area contributed by atoms with Crippen LogP contribution in [0, 0.1) is 11.3 Å². The Labute approximate surface area is 208 Å². The zero-order valence-corrected chi connectivity index (χ0v) is 20.1. The third-order valence-corrected chi connectivity index (χ3v) is 5.18. The van der Waals surface area contributed by atoms with E-state index in [0.29, 0.717) is 45.2 Å². The van der Waals surface area contributed by atoms with Crippen LogP contribution < -0.4 is 19.5 Å². The second kappa shape index (κ2) is 12.0. The zero-order valence-electron chi connectivity index (χ0n) is 18.6. The van der Waals surface area contributed by atoms with Crippen molar-refractivity contribution < 1.29 is 19.0 Å². The molecule has 0 unspecified atom stereocenters. The lowest BCUT2D eigenvalue weighted by atomic mass is 10.1. The first-order valence-electron chi connectivity index (χ1n) is 10.3. The largest absolute Gasteiger partial charge is 0.497 e. The van der Waals surface area contributed by atoms with E-state index in [-0.39, 0.29) is 12.2 Å². The molecule has 0 bridgehead atoms. The van der Waals surface area contributed by atoms with Gasteiger partial charge in [0.1, 0.15) is 24.0 Å². The molecule has 34 heavy (non-hydrogen) atoms. The van der Waals surface area contributed by atoms with E-state index in [0.717, 1.165) is 5.56 Å². The standard InChI is InChI=1S/C26H22Cl2N2O4/c1-3-33-24-14-18(13-23(28)25(24)34-16-17-4-6-20(27)7-5-17)12-19(15-29)26(31)30-21-8-10-22(32-2)11-9-21/h4-14H,3,16H2,1-2H3,(H,30,31)/b19-12+. The van der Waals surface area contributed by atoms with Crippen molar-refractivity contribution in [1.82, 2.24) is 0 Å². The number of ether oxygens (including phenoxy) is 3.